The molecule has 3 aromatic rings. The average Bonchev–Trinajstić information content (AvgIpc) is 3.13. The summed E-state index contributed by atoms with van der Waals surface area (Å²) in [5.74, 6) is 1.62. The van der Waals surface area contributed by atoms with E-state index in [1.165, 1.54) is 20.3 Å². The van der Waals surface area contributed by atoms with Crippen LogP contribution >= 0.6 is 11.6 Å². The van der Waals surface area contributed by atoms with Crippen molar-refractivity contribution < 1.29 is 14.3 Å². The van der Waals surface area contributed by atoms with Gasteiger partial charge in [-0.25, -0.2) is 4.98 Å². The second kappa shape index (κ2) is 9.01. The van der Waals surface area contributed by atoms with Crippen molar-refractivity contribution in [2.75, 3.05) is 14.2 Å². The van der Waals surface area contributed by atoms with E-state index >= 15 is 0 Å². The molecule has 6 nitrogen and oxygen atoms in total. The molecule has 1 unspecified atom stereocenters. The Labute approximate surface area is 174 Å². The normalized spacial score (nSPS) is 12.5. The highest BCUT2D eigenvalue weighted by atomic mass is 35.5. The number of halogens is 1. The molecule has 2 aromatic carbocycles. The molecule has 152 valence electrons. The maximum Gasteiger partial charge on any atom is 0.244 e. The van der Waals surface area contributed by atoms with Crippen LogP contribution in [-0.2, 0) is 4.79 Å². The number of nitrogens with zero attached hydrogens (tertiary/aromatic N) is 1. The number of imidazole rings is 1. The minimum absolute atomic E-state index is 0.156. The van der Waals surface area contributed by atoms with Gasteiger partial charge in [-0.3, -0.25) is 4.79 Å². The Morgan fingerprint density at radius 1 is 1.21 bits per heavy atom. The van der Waals surface area contributed by atoms with Gasteiger partial charge in [-0.05, 0) is 41.8 Å². The van der Waals surface area contributed by atoms with Crippen LogP contribution in [0.5, 0.6) is 11.5 Å². The third-order valence-electron chi connectivity index (χ3n) is 4.55. The lowest BCUT2D eigenvalue weighted by Crippen LogP contribution is -2.31. The van der Waals surface area contributed by atoms with Crippen LogP contribution in [0.1, 0.15) is 31.3 Å². The second-order valence-corrected chi connectivity index (χ2v) is 7.35. The van der Waals surface area contributed by atoms with Crippen molar-refractivity contribution in [3.05, 3.63) is 58.9 Å². The third-order valence-corrected chi connectivity index (χ3v) is 4.83. The average molecular weight is 414 g/mol. The molecule has 1 atom stereocenters. The molecule has 3 rings (SSSR count). The van der Waals surface area contributed by atoms with Crippen molar-refractivity contribution in [1.29, 1.82) is 0 Å². The Balaban J connectivity index is 1.78. The minimum Gasteiger partial charge on any atom is -0.493 e. The lowest BCUT2D eigenvalue weighted by Gasteiger charge is -2.19. The summed E-state index contributed by atoms with van der Waals surface area (Å²) in [5.41, 5.74) is 2.54. The molecule has 1 aromatic heterocycles. The monoisotopic (exact) mass is 413 g/mol. The number of hydrogen-bond acceptors (Lipinski definition) is 4. The number of fused-ring (bicyclic) bond motifs is 1. The summed E-state index contributed by atoms with van der Waals surface area (Å²) >= 11 is 6.22. The van der Waals surface area contributed by atoms with Gasteiger partial charge < -0.3 is 19.8 Å². The van der Waals surface area contributed by atoms with E-state index < -0.39 is 0 Å². The minimum atomic E-state index is -0.242. The fourth-order valence-corrected chi connectivity index (χ4v) is 3.37. The Morgan fingerprint density at radius 3 is 2.62 bits per heavy atom. The summed E-state index contributed by atoms with van der Waals surface area (Å²) in [5, 5.41) is 3.43. The maximum absolute atomic E-state index is 12.6. The lowest BCUT2D eigenvalue weighted by atomic mass is 10.0. The summed E-state index contributed by atoms with van der Waals surface area (Å²) in [6.45, 7) is 4.08. The van der Waals surface area contributed by atoms with Gasteiger partial charge in [-0.15, -0.1) is 0 Å². The van der Waals surface area contributed by atoms with E-state index in [0.717, 1.165) is 22.4 Å². The van der Waals surface area contributed by atoms with E-state index in [1.54, 1.807) is 18.2 Å². The molecule has 2 N–H and O–H groups in total. The predicted molar refractivity (Wildman–Crippen MR) is 115 cm³/mol. The molecule has 1 heterocycles. The molecule has 0 aliphatic heterocycles. The van der Waals surface area contributed by atoms with E-state index in [9.17, 15) is 4.79 Å². The van der Waals surface area contributed by atoms with Crippen LogP contribution in [0.25, 0.3) is 17.1 Å². The van der Waals surface area contributed by atoms with Gasteiger partial charge in [0.1, 0.15) is 5.82 Å². The highest BCUT2D eigenvalue weighted by Crippen LogP contribution is 2.36. The van der Waals surface area contributed by atoms with Crippen molar-refractivity contribution >= 4 is 34.6 Å². The Hall–Kier alpha value is -2.99. The second-order valence-electron chi connectivity index (χ2n) is 6.94. The zero-order chi connectivity index (χ0) is 21.0. The Bertz CT molecular complexity index is 1010. The number of carbonyl (C=O) groups is 1. The highest BCUT2D eigenvalue weighted by Gasteiger charge is 2.21. The molecule has 7 heteroatoms. The quantitative estimate of drug-likeness (QED) is 0.547. The first-order valence-corrected chi connectivity index (χ1v) is 9.65. The van der Waals surface area contributed by atoms with Crippen molar-refractivity contribution in [2.45, 2.75) is 19.9 Å². The van der Waals surface area contributed by atoms with Gasteiger partial charge in [-0.2, -0.15) is 0 Å². The van der Waals surface area contributed by atoms with Gasteiger partial charge in [0.25, 0.3) is 0 Å². The standard InChI is InChI=1S/C22H24ClN3O3/c1-13(2)20(22-24-16-7-5-6-8-17(16)25-22)26-19(27)10-9-14-11-15(23)21(29-4)18(12-14)28-3/h5-13,20H,1-4H3,(H,24,25)(H,26,27)/b10-9+. The number of hydrogen-bond donors (Lipinski definition) is 2. The van der Waals surface area contributed by atoms with Gasteiger partial charge in [0, 0.05) is 6.08 Å². The SMILES string of the molecule is COc1cc(/C=C/C(=O)NC(c2nc3ccccc3[nH]2)C(C)C)cc(Cl)c1OC. The van der Waals surface area contributed by atoms with Crippen LogP contribution in [0, 0.1) is 5.92 Å². The summed E-state index contributed by atoms with van der Waals surface area (Å²) in [4.78, 5) is 20.5. The number of carbonyl (C=O) groups excluding carboxylic acids is 1. The van der Waals surface area contributed by atoms with Crippen molar-refractivity contribution in [3.8, 4) is 11.5 Å². The predicted octanol–water partition coefficient (Wildman–Crippen LogP) is 4.76. The van der Waals surface area contributed by atoms with Crippen molar-refractivity contribution in [3.63, 3.8) is 0 Å². The molecule has 1 amide bonds. The fourth-order valence-electron chi connectivity index (χ4n) is 3.08. The molecule has 0 saturated carbocycles. The number of H-pyrrole nitrogens is 1. The van der Waals surface area contributed by atoms with Crippen LogP contribution in [0.2, 0.25) is 5.02 Å². The number of aromatic amines is 1. The molecule has 0 aliphatic carbocycles. The van der Waals surface area contributed by atoms with Gasteiger partial charge in [0.15, 0.2) is 11.5 Å². The Kier molecular flexibility index (Phi) is 6.44. The Morgan fingerprint density at radius 2 is 1.97 bits per heavy atom. The molecule has 29 heavy (non-hydrogen) atoms. The zero-order valence-electron chi connectivity index (χ0n) is 16.8. The summed E-state index contributed by atoms with van der Waals surface area (Å²) in [6.07, 6.45) is 3.15. The topological polar surface area (TPSA) is 76.2 Å². The lowest BCUT2D eigenvalue weighted by molar-refractivity contribution is -0.117. The van der Waals surface area contributed by atoms with Crippen LogP contribution in [0.3, 0.4) is 0 Å². The van der Waals surface area contributed by atoms with Gasteiger partial charge in [-0.1, -0.05) is 37.6 Å². The number of benzene rings is 2. The molecule has 0 radical (unpaired) electrons. The molecule has 0 spiro atoms. The number of methoxy groups -OCH3 is 2. The number of nitrogens with one attached hydrogen (secondary N) is 2. The molecule has 0 aliphatic rings. The van der Waals surface area contributed by atoms with Crippen LogP contribution in [-0.4, -0.2) is 30.1 Å². The van der Waals surface area contributed by atoms with Crippen molar-refractivity contribution in [1.82, 2.24) is 15.3 Å². The van der Waals surface area contributed by atoms with E-state index in [0.29, 0.717) is 16.5 Å². The number of para-hydroxylation sites is 2. The largest absolute Gasteiger partial charge is 0.493 e. The van der Waals surface area contributed by atoms with E-state index in [2.05, 4.69) is 15.3 Å². The van der Waals surface area contributed by atoms with Gasteiger partial charge in [0.2, 0.25) is 5.91 Å². The van der Waals surface area contributed by atoms with E-state index in [4.69, 9.17) is 21.1 Å². The van der Waals surface area contributed by atoms with Crippen LogP contribution in [0.15, 0.2) is 42.5 Å². The zero-order valence-corrected chi connectivity index (χ0v) is 17.6. The smallest absolute Gasteiger partial charge is 0.244 e. The molecule has 0 fully saturated rings. The molecular formula is C22H24ClN3O3. The molecule has 0 saturated heterocycles. The van der Waals surface area contributed by atoms with Gasteiger partial charge in [0.05, 0.1) is 36.3 Å². The summed E-state index contributed by atoms with van der Waals surface area (Å²) in [7, 11) is 3.06. The number of rotatable bonds is 7. The third kappa shape index (κ3) is 4.71. The summed E-state index contributed by atoms with van der Waals surface area (Å²) in [6, 6.07) is 11.0. The summed E-state index contributed by atoms with van der Waals surface area (Å²) < 4.78 is 10.5. The van der Waals surface area contributed by atoms with Crippen LogP contribution in [0.4, 0.5) is 0 Å². The first-order chi connectivity index (χ1) is 13.9. The fraction of sp³-hybridized carbons (Fsp3) is 0.273. The first kappa shape index (κ1) is 20.7. The maximum atomic E-state index is 12.6. The van der Waals surface area contributed by atoms with E-state index in [1.807, 2.05) is 38.1 Å². The first-order valence-electron chi connectivity index (χ1n) is 9.27. The number of aromatic nitrogens is 2. The number of amides is 1. The van der Waals surface area contributed by atoms with Crippen LogP contribution < -0.4 is 14.8 Å². The van der Waals surface area contributed by atoms with E-state index in [-0.39, 0.29) is 17.9 Å². The number of ether oxygens (including phenoxy) is 2. The molecule has 0 bridgehead atoms. The molecular weight excluding hydrogens is 390 g/mol. The highest BCUT2D eigenvalue weighted by molar-refractivity contribution is 6.32. The van der Waals surface area contributed by atoms with Gasteiger partial charge >= 0.3 is 0 Å². The van der Waals surface area contributed by atoms with Crippen molar-refractivity contribution in [2.24, 2.45) is 5.92 Å².